The van der Waals surface area contributed by atoms with Gasteiger partial charge in [-0.25, -0.2) is 0 Å². The van der Waals surface area contributed by atoms with E-state index >= 15 is 0 Å². The van der Waals surface area contributed by atoms with Gasteiger partial charge in [-0.15, -0.1) is 0 Å². The van der Waals surface area contributed by atoms with Crippen LogP contribution in [0, 0.1) is 0 Å². The molecule has 96 valence electrons. The Labute approximate surface area is 102 Å². The van der Waals surface area contributed by atoms with Crippen molar-refractivity contribution in [3.63, 3.8) is 0 Å². The van der Waals surface area contributed by atoms with Crippen molar-refractivity contribution in [3.05, 3.63) is 23.8 Å². The lowest BCUT2D eigenvalue weighted by Crippen LogP contribution is -2.94. The molecular weight excluding hydrogens is 218 g/mol. The van der Waals surface area contributed by atoms with Gasteiger partial charge in [0.2, 0.25) is 0 Å². The number of quaternary nitrogens is 1. The van der Waals surface area contributed by atoms with Gasteiger partial charge in [-0.1, -0.05) is 13.0 Å². The van der Waals surface area contributed by atoms with Crippen LogP contribution in [0.15, 0.2) is 18.2 Å². The Morgan fingerprint density at radius 2 is 1.82 bits per heavy atom. The highest BCUT2D eigenvalue weighted by atomic mass is 16.3. The SMILES string of the molecule is CC[C@@H]([NH2+]C(C)C)[C@H](O)c1ccc(O)c(O)c1. The number of benzene rings is 1. The summed E-state index contributed by atoms with van der Waals surface area (Å²) >= 11 is 0. The fourth-order valence-electron chi connectivity index (χ4n) is 1.93. The van der Waals surface area contributed by atoms with E-state index in [9.17, 15) is 15.3 Å². The maximum atomic E-state index is 10.2. The summed E-state index contributed by atoms with van der Waals surface area (Å²) in [4.78, 5) is 0. The molecular formula is C13H22NO3+. The van der Waals surface area contributed by atoms with E-state index in [4.69, 9.17) is 0 Å². The zero-order valence-corrected chi connectivity index (χ0v) is 10.6. The molecule has 0 radical (unpaired) electrons. The average molecular weight is 240 g/mol. The highest BCUT2D eigenvalue weighted by Crippen LogP contribution is 2.28. The highest BCUT2D eigenvalue weighted by Gasteiger charge is 2.23. The van der Waals surface area contributed by atoms with Gasteiger partial charge in [0.15, 0.2) is 11.5 Å². The van der Waals surface area contributed by atoms with E-state index in [1.807, 2.05) is 6.92 Å². The topological polar surface area (TPSA) is 77.3 Å². The van der Waals surface area contributed by atoms with E-state index in [2.05, 4.69) is 19.2 Å². The number of aliphatic hydroxyl groups excluding tert-OH is 1. The van der Waals surface area contributed by atoms with Gasteiger partial charge in [-0.05, 0) is 38.0 Å². The molecule has 1 aromatic rings. The largest absolute Gasteiger partial charge is 0.504 e. The number of aliphatic hydroxyl groups is 1. The molecule has 2 atom stereocenters. The maximum absolute atomic E-state index is 10.2. The van der Waals surface area contributed by atoms with Gasteiger partial charge < -0.3 is 20.6 Å². The summed E-state index contributed by atoms with van der Waals surface area (Å²) in [5, 5.41) is 31.0. The van der Waals surface area contributed by atoms with Gasteiger partial charge in [0.25, 0.3) is 0 Å². The Morgan fingerprint density at radius 3 is 2.29 bits per heavy atom. The van der Waals surface area contributed by atoms with Crippen molar-refractivity contribution in [2.24, 2.45) is 0 Å². The molecule has 17 heavy (non-hydrogen) atoms. The molecule has 1 aromatic carbocycles. The average Bonchev–Trinajstić information content (AvgIpc) is 2.28. The predicted molar refractivity (Wildman–Crippen MR) is 65.9 cm³/mol. The smallest absolute Gasteiger partial charge is 0.157 e. The van der Waals surface area contributed by atoms with Crippen LogP contribution in [0.1, 0.15) is 38.9 Å². The molecule has 0 aliphatic rings. The number of aromatic hydroxyl groups is 2. The summed E-state index contributed by atoms with van der Waals surface area (Å²) in [6.07, 6.45) is 0.190. The number of hydrogen-bond donors (Lipinski definition) is 4. The summed E-state index contributed by atoms with van der Waals surface area (Å²) in [5.74, 6) is -0.359. The highest BCUT2D eigenvalue weighted by molar-refractivity contribution is 5.41. The van der Waals surface area contributed by atoms with Gasteiger partial charge in [-0.2, -0.15) is 0 Å². The third-order valence-corrected chi connectivity index (χ3v) is 2.85. The van der Waals surface area contributed by atoms with Crippen LogP contribution in [-0.4, -0.2) is 27.4 Å². The molecule has 4 nitrogen and oxygen atoms in total. The fraction of sp³-hybridized carbons (Fsp3) is 0.538. The van der Waals surface area contributed by atoms with E-state index in [1.54, 1.807) is 6.07 Å². The number of hydrogen-bond acceptors (Lipinski definition) is 3. The summed E-state index contributed by atoms with van der Waals surface area (Å²) in [6, 6.07) is 4.91. The minimum Gasteiger partial charge on any atom is -0.504 e. The van der Waals surface area contributed by atoms with Gasteiger partial charge in [-0.3, -0.25) is 0 Å². The van der Waals surface area contributed by atoms with Gasteiger partial charge in [0.05, 0.1) is 6.04 Å². The van der Waals surface area contributed by atoms with E-state index in [1.165, 1.54) is 12.1 Å². The van der Waals surface area contributed by atoms with E-state index in [0.29, 0.717) is 11.6 Å². The number of rotatable bonds is 5. The number of nitrogens with two attached hydrogens (primary N) is 1. The number of phenols is 2. The molecule has 0 saturated carbocycles. The molecule has 0 spiro atoms. The first kappa shape index (κ1) is 13.8. The molecule has 0 heterocycles. The van der Waals surface area contributed by atoms with Crippen molar-refractivity contribution >= 4 is 0 Å². The number of phenolic OH excluding ortho intramolecular Hbond substituents is 2. The van der Waals surface area contributed by atoms with Crippen LogP contribution >= 0.6 is 0 Å². The Kier molecular flexibility index (Phi) is 4.78. The molecule has 0 aliphatic carbocycles. The van der Waals surface area contributed by atoms with Crippen molar-refractivity contribution in [2.75, 3.05) is 0 Å². The minimum atomic E-state index is -0.645. The molecule has 1 rings (SSSR count). The van der Waals surface area contributed by atoms with Crippen molar-refractivity contribution in [1.82, 2.24) is 0 Å². The lowest BCUT2D eigenvalue weighted by Gasteiger charge is -2.22. The molecule has 0 aromatic heterocycles. The standard InChI is InChI=1S/C13H21NO3/c1-4-10(14-8(2)3)13(17)9-5-6-11(15)12(16)7-9/h5-8,10,13-17H,4H2,1-3H3/p+1/t10-,13-/m1/s1. The first-order valence-corrected chi connectivity index (χ1v) is 6.00. The summed E-state index contributed by atoms with van der Waals surface area (Å²) < 4.78 is 0. The predicted octanol–water partition coefficient (Wildman–Crippen LogP) is 0.882. The van der Waals surface area contributed by atoms with Crippen molar-refractivity contribution < 1.29 is 20.6 Å². The van der Waals surface area contributed by atoms with E-state index in [-0.39, 0.29) is 17.5 Å². The summed E-state index contributed by atoms with van der Waals surface area (Å²) in [6.45, 7) is 6.17. The Balaban J connectivity index is 2.85. The van der Waals surface area contributed by atoms with Crippen molar-refractivity contribution in [2.45, 2.75) is 45.4 Å². The Morgan fingerprint density at radius 1 is 1.18 bits per heavy atom. The maximum Gasteiger partial charge on any atom is 0.157 e. The lowest BCUT2D eigenvalue weighted by atomic mass is 9.99. The van der Waals surface area contributed by atoms with E-state index in [0.717, 1.165) is 6.42 Å². The summed E-state index contributed by atoms with van der Waals surface area (Å²) in [7, 11) is 0. The van der Waals surface area contributed by atoms with Crippen LogP contribution in [-0.2, 0) is 0 Å². The van der Waals surface area contributed by atoms with Crippen LogP contribution in [0.25, 0.3) is 0 Å². The van der Waals surface area contributed by atoms with Crippen LogP contribution in [0.4, 0.5) is 0 Å². The van der Waals surface area contributed by atoms with Gasteiger partial charge in [0.1, 0.15) is 12.1 Å². The van der Waals surface area contributed by atoms with Crippen LogP contribution in [0.2, 0.25) is 0 Å². The zero-order valence-electron chi connectivity index (χ0n) is 10.6. The second-order valence-electron chi connectivity index (χ2n) is 4.70. The molecule has 0 saturated heterocycles. The van der Waals surface area contributed by atoms with Gasteiger partial charge >= 0.3 is 0 Å². The Bertz CT molecular complexity index is 366. The molecule has 0 aliphatic heterocycles. The molecule has 0 unspecified atom stereocenters. The lowest BCUT2D eigenvalue weighted by molar-refractivity contribution is -0.723. The third-order valence-electron chi connectivity index (χ3n) is 2.85. The first-order valence-electron chi connectivity index (χ1n) is 6.00. The minimum absolute atomic E-state index is 0.0546. The fourth-order valence-corrected chi connectivity index (χ4v) is 1.93. The monoisotopic (exact) mass is 240 g/mol. The van der Waals surface area contributed by atoms with Gasteiger partial charge in [0, 0.05) is 0 Å². The third kappa shape index (κ3) is 3.61. The quantitative estimate of drug-likeness (QED) is 0.577. The molecule has 0 fully saturated rings. The molecule has 0 bridgehead atoms. The van der Waals surface area contributed by atoms with Crippen molar-refractivity contribution in [3.8, 4) is 11.5 Å². The van der Waals surface area contributed by atoms with Crippen molar-refractivity contribution in [1.29, 1.82) is 0 Å². The normalized spacial score (nSPS) is 14.9. The van der Waals surface area contributed by atoms with E-state index < -0.39 is 6.10 Å². The van der Waals surface area contributed by atoms with Crippen LogP contribution < -0.4 is 5.32 Å². The summed E-state index contributed by atoms with van der Waals surface area (Å²) in [5.41, 5.74) is 0.629. The first-order chi connectivity index (χ1) is 7.95. The molecule has 4 heteroatoms. The second kappa shape index (κ2) is 5.89. The molecule has 5 N–H and O–H groups in total. The Hall–Kier alpha value is -1.26. The zero-order chi connectivity index (χ0) is 13.0. The van der Waals surface area contributed by atoms with Crippen LogP contribution in [0.3, 0.4) is 0 Å². The van der Waals surface area contributed by atoms with Crippen LogP contribution in [0.5, 0.6) is 11.5 Å². The molecule has 0 amide bonds. The second-order valence-corrected chi connectivity index (χ2v) is 4.70.